The topological polar surface area (TPSA) is 48.4 Å². The smallest absolute Gasteiger partial charge is 0.0635 e. The van der Waals surface area contributed by atoms with Gasteiger partial charge < -0.3 is 15.3 Å². The summed E-state index contributed by atoms with van der Waals surface area (Å²) in [6.45, 7) is 6.42. The highest BCUT2D eigenvalue weighted by molar-refractivity contribution is 5.47. The van der Waals surface area contributed by atoms with Crippen LogP contribution in [-0.2, 0) is 0 Å². The Hall–Kier alpha value is -1.13. The Morgan fingerprint density at radius 3 is 3.00 bits per heavy atom. The first-order valence-corrected chi connectivity index (χ1v) is 6.83. The molecule has 0 saturated carbocycles. The van der Waals surface area contributed by atoms with E-state index < -0.39 is 0 Å². The normalized spacial score (nSPS) is 21.3. The number of anilines is 1. The van der Waals surface area contributed by atoms with E-state index in [0.29, 0.717) is 0 Å². The van der Waals surface area contributed by atoms with Gasteiger partial charge >= 0.3 is 0 Å². The van der Waals surface area contributed by atoms with Crippen LogP contribution in [-0.4, -0.2) is 35.8 Å². The van der Waals surface area contributed by atoms with E-state index in [1.54, 1.807) is 0 Å². The minimum atomic E-state index is 0.232. The maximum Gasteiger partial charge on any atom is 0.0635 e. The molecule has 0 spiro atoms. The SMILES string of the molecule is CCNC(C)c1ccc(N2CCCC2CO)cn1. The third-order valence-corrected chi connectivity index (χ3v) is 3.64. The van der Waals surface area contributed by atoms with Crippen LogP contribution in [0, 0.1) is 0 Å². The number of pyridine rings is 1. The molecule has 0 aromatic carbocycles. The van der Waals surface area contributed by atoms with Crippen LogP contribution in [0.15, 0.2) is 18.3 Å². The van der Waals surface area contributed by atoms with Crippen LogP contribution in [0.5, 0.6) is 0 Å². The van der Waals surface area contributed by atoms with E-state index in [4.69, 9.17) is 0 Å². The van der Waals surface area contributed by atoms with Gasteiger partial charge in [0.2, 0.25) is 0 Å². The van der Waals surface area contributed by atoms with E-state index in [9.17, 15) is 5.11 Å². The van der Waals surface area contributed by atoms with Crippen molar-refractivity contribution in [2.24, 2.45) is 0 Å². The Bertz CT molecular complexity index is 366. The maximum atomic E-state index is 9.34. The van der Waals surface area contributed by atoms with E-state index in [-0.39, 0.29) is 18.7 Å². The quantitative estimate of drug-likeness (QED) is 0.834. The van der Waals surface area contributed by atoms with Gasteiger partial charge in [0, 0.05) is 12.6 Å². The summed E-state index contributed by atoms with van der Waals surface area (Å²) < 4.78 is 0. The zero-order valence-electron chi connectivity index (χ0n) is 11.3. The molecule has 1 fully saturated rings. The summed E-state index contributed by atoms with van der Waals surface area (Å²) in [5.41, 5.74) is 2.19. The Labute approximate surface area is 109 Å². The molecule has 0 amide bonds. The fourth-order valence-corrected chi connectivity index (χ4v) is 2.60. The first-order chi connectivity index (χ1) is 8.76. The van der Waals surface area contributed by atoms with Crippen molar-refractivity contribution < 1.29 is 5.11 Å². The van der Waals surface area contributed by atoms with Crippen LogP contribution < -0.4 is 10.2 Å². The van der Waals surface area contributed by atoms with E-state index >= 15 is 0 Å². The van der Waals surface area contributed by atoms with Gasteiger partial charge in [-0.2, -0.15) is 0 Å². The molecule has 4 nitrogen and oxygen atoms in total. The Morgan fingerprint density at radius 1 is 1.56 bits per heavy atom. The van der Waals surface area contributed by atoms with Gasteiger partial charge in [-0.15, -0.1) is 0 Å². The number of aromatic nitrogens is 1. The van der Waals surface area contributed by atoms with Crippen molar-refractivity contribution in [2.75, 3.05) is 24.6 Å². The largest absolute Gasteiger partial charge is 0.394 e. The number of hydrogen-bond donors (Lipinski definition) is 2. The van der Waals surface area contributed by atoms with Crippen molar-refractivity contribution in [2.45, 2.75) is 38.8 Å². The number of hydrogen-bond acceptors (Lipinski definition) is 4. The van der Waals surface area contributed by atoms with Crippen molar-refractivity contribution >= 4 is 5.69 Å². The van der Waals surface area contributed by atoms with Gasteiger partial charge in [-0.3, -0.25) is 4.98 Å². The number of nitrogens with one attached hydrogen (secondary N) is 1. The molecule has 0 aliphatic carbocycles. The molecule has 18 heavy (non-hydrogen) atoms. The average molecular weight is 249 g/mol. The van der Waals surface area contributed by atoms with Gasteiger partial charge in [-0.05, 0) is 38.4 Å². The molecule has 0 radical (unpaired) electrons. The maximum absolute atomic E-state index is 9.34. The highest BCUT2D eigenvalue weighted by Crippen LogP contribution is 2.25. The highest BCUT2D eigenvalue weighted by atomic mass is 16.3. The second-order valence-electron chi connectivity index (χ2n) is 4.89. The number of aliphatic hydroxyl groups excluding tert-OH is 1. The van der Waals surface area contributed by atoms with E-state index in [2.05, 4.69) is 41.2 Å². The van der Waals surface area contributed by atoms with Gasteiger partial charge in [0.25, 0.3) is 0 Å². The average Bonchev–Trinajstić information content (AvgIpc) is 2.87. The predicted molar refractivity (Wildman–Crippen MR) is 73.8 cm³/mol. The summed E-state index contributed by atoms with van der Waals surface area (Å²) in [5, 5.41) is 12.7. The van der Waals surface area contributed by atoms with Crippen molar-refractivity contribution in [1.82, 2.24) is 10.3 Å². The Kier molecular flexibility index (Phi) is 4.55. The van der Waals surface area contributed by atoms with E-state index in [0.717, 1.165) is 37.3 Å². The number of rotatable bonds is 5. The second kappa shape index (κ2) is 6.16. The number of aliphatic hydroxyl groups is 1. The molecule has 100 valence electrons. The molecule has 1 saturated heterocycles. The fourth-order valence-electron chi connectivity index (χ4n) is 2.60. The predicted octanol–water partition coefficient (Wildman–Crippen LogP) is 1.71. The summed E-state index contributed by atoms with van der Waals surface area (Å²) in [5.74, 6) is 0. The zero-order chi connectivity index (χ0) is 13.0. The van der Waals surface area contributed by atoms with Crippen molar-refractivity contribution in [3.05, 3.63) is 24.0 Å². The van der Waals surface area contributed by atoms with Gasteiger partial charge in [0.05, 0.1) is 30.2 Å². The van der Waals surface area contributed by atoms with Gasteiger partial charge in [-0.25, -0.2) is 0 Å². The second-order valence-corrected chi connectivity index (χ2v) is 4.89. The molecule has 1 aliphatic rings. The van der Waals surface area contributed by atoms with Crippen molar-refractivity contribution in [1.29, 1.82) is 0 Å². The van der Waals surface area contributed by atoms with E-state index in [1.807, 2.05) is 6.20 Å². The minimum absolute atomic E-state index is 0.232. The lowest BCUT2D eigenvalue weighted by atomic mass is 10.2. The fraction of sp³-hybridized carbons (Fsp3) is 0.643. The molecule has 0 bridgehead atoms. The van der Waals surface area contributed by atoms with Gasteiger partial charge in [0.1, 0.15) is 0 Å². The third-order valence-electron chi connectivity index (χ3n) is 3.64. The lowest BCUT2D eigenvalue weighted by Gasteiger charge is -2.25. The highest BCUT2D eigenvalue weighted by Gasteiger charge is 2.24. The summed E-state index contributed by atoms with van der Waals surface area (Å²) in [4.78, 5) is 6.78. The van der Waals surface area contributed by atoms with Gasteiger partial charge in [-0.1, -0.05) is 6.92 Å². The molecule has 4 heteroatoms. The molecule has 2 heterocycles. The Balaban J connectivity index is 2.07. The third kappa shape index (κ3) is 2.82. The van der Waals surface area contributed by atoms with Crippen LogP contribution in [0.25, 0.3) is 0 Å². The standard InChI is InChI=1S/C14H23N3O/c1-3-15-11(2)14-7-6-12(9-16-14)17-8-4-5-13(17)10-18/h6-7,9,11,13,15,18H,3-5,8,10H2,1-2H3. The summed E-state index contributed by atoms with van der Waals surface area (Å²) in [7, 11) is 0. The van der Waals surface area contributed by atoms with Gasteiger partial charge in [0.15, 0.2) is 0 Å². The molecule has 1 aromatic heterocycles. The first kappa shape index (κ1) is 13.3. The molecular weight excluding hydrogens is 226 g/mol. The van der Waals surface area contributed by atoms with Crippen LogP contribution >= 0.6 is 0 Å². The molecule has 2 rings (SSSR count). The lowest BCUT2D eigenvalue weighted by molar-refractivity contribution is 0.266. The van der Waals surface area contributed by atoms with E-state index in [1.165, 1.54) is 0 Å². The monoisotopic (exact) mass is 249 g/mol. The zero-order valence-corrected chi connectivity index (χ0v) is 11.3. The summed E-state index contributed by atoms with van der Waals surface area (Å²) in [6, 6.07) is 4.75. The molecule has 2 atom stereocenters. The van der Waals surface area contributed by atoms with Crippen LogP contribution in [0.1, 0.15) is 38.4 Å². The van der Waals surface area contributed by atoms with Crippen molar-refractivity contribution in [3.63, 3.8) is 0 Å². The molecule has 1 aliphatic heterocycles. The van der Waals surface area contributed by atoms with Crippen LogP contribution in [0.3, 0.4) is 0 Å². The molecular formula is C14H23N3O. The molecule has 2 unspecified atom stereocenters. The van der Waals surface area contributed by atoms with Crippen LogP contribution in [0.4, 0.5) is 5.69 Å². The Morgan fingerprint density at radius 2 is 2.39 bits per heavy atom. The lowest BCUT2D eigenvalue weighted by Crippen LogP contribution is -2.32. The molecule has 1 aromatic rings. The minimum Gasteiger partial charge on any atom is -0.394 e. The number of nitrogens with zero attached hydrogens (tertiary/aromatic N) is 2. The van der Waals surface area contributed by atoms with Crippen LogP contribution in [0.2, 0.25) is 0 Å². The first-order valence-electron chi connectivity index (χ1n) is 6.83. The van der Waals surface area contributed by atoms with Crippen molar-refractivity contribution in [3.8, 4) is 0 Å². The summed E-state index contributed by atoms with van der Waals surface area (Å²) >= 11 is 0. The summed E-state index contributed by atoms with van der Waals surface area (Å²) in [6.07, 6.45) is 4.16. The molecule has 2 N–H and O–H groups in total.